The number of carbonyl (C=O) groups excluding carboxylic acids is 1. The Labute approximate surface area is 209 Å². The second kappa shape index (κ2) is 13.3. The van der Waals surface area contributed by atoms with E-state index in [9.17, 15) is 4.79 Å². The fourth-order valence-electron chi connectivity index (χ4n) is 3.90. The van der Waals surface area contributed by atoms with Crippen molar-refractivity contribution < 1.29 is 4.79 Å². The quantitative estimate of drug-likeness (QED) is 0.314. The van der Waals surface area contributed by atoms with Gasteiger partial charge in [-0.1, -0.05) is 30.3 Å². The first-order valence-corrected chi connectivity index (χ1v) is 11.2. The van der Waals surface area contributed by atoms with Crippen LogP contribution in [0.4, 0.5) is 5.69 Å². The van der Waals surface area contributed by atoms with Crippen LogP contribution in [0.5, 0.6) is 0 Å². The predicted molar refractivity (Wildman–Crippen MR) is 144 cm³/mol. The molecule has 3 rings (SSSR count). The zero-order chi connectivity index (χ0) is 22.1. The third kappa shape index (κ3) is 7.69. The van der Waals surface area contributed by atoms with Crippen LogP contribution in [0.15, 0.2) is 59.6 Å². The first kappa shape index (κ1) is 26.0. The number of rotatable bonds is 7. The average molecular weight is 550 g/mol. The van der Waals surface area contributed by atoms with Crippen molar-refractivity contribution >= 4 is 41.5 Å². The van der Waals surface area contributed by atoms with Gasteiger partial charge in [0.15, 0.2) is 5.96 Å². The van der Waals surface area contributed by atoms with E-state index in [1.807, 2.05) is 18.2 Å². The summed E-state index contributed by atoms with van der Waals surface area (Å²) in [6, 6.07) is 18.8. The second-order valence-electron chi connectivity index (χ2n) is 8.18. The van der Waals surface area contributed by atoms with Gasteiger partial charge in [0.1, 0.15) is 0 Å². The fraction of sp³-hybridized carbons (Fsp3) is 0.440. The van der Waals surface area contributed by atoms with Gasteiger partial charge in [-0.05, 0) is 56.0 Å². The highest BCUT2D eigenvalue weighted by Crippen LogP contribution is 2.19. The van der Waals surface area contributed by atoms with Gasteiger partial charge in [0, 0.05) is 57.6 Å². The van der Waals surface area contributed by atoms with E-state index in [1.54, 1.807) is 19.0 Å². The number of hydrogen-bond acceptors (Lipinski definition) is 3. The highest BCUT2D eigenvalue weighted by molar-refractivity contribution is 14.0. The van der Waals surface area contributed by atoms with Crippen LogP contribution in [0.25, 0.3) is 0 Å². The molecule has 174 valence electrons. The highest BCUT2D eigenvalue weighted by atomic mass is 127. The van der Waals surface area contributed by atoms with E-state index in [4.69, 9.17) is 4.99 Å². The maximum Gasteiger partial charge on any atom is 0.253 e. The Hall–Kier alpha value is -2.29. The van der Waals surface area contributed by atoms with Gasteiger partial charge in [-0.15, -0.1) is 24.0 Å². The van der Waals surface area contributed by atoms with Crippen molar-refractivity contribution in [2.24, 2.45) is 4.99 Å². The number of nitrogens with zero attached hydrogens (tertiary/aromatic N) is 3. The summed E-state index contributed by atoms with van der Waals surface area (Å²) in [6.07, 6.45) is 3.10. The number of halogens is 1. The molecule has 1 saturated heterocycles. The molecule has 1 fully saturated rings. The molecular weight excluding hydrogens is 513 g/mol. The Morgan fingerprint density at radius 1 is 1.16 bits per heavy atom. The van der Waals surface area contributed by atoms with Crippen molar-refractivity contribution in [3.8, 4) is 0 Å². The molecule has 0 bridgehead atoms. The molecule has 1 aliphatic heterocycles. The summed E-state index contributed by atoms with van der Waals surface area (Å²) in [5.74, 6) is 0.892. The summed E-state index contributed by atoms with van der Waals surface area (Å²) in [5.41, 5.74) is 3.13. The van der Waals surface area contributed by atoms with Crippen molar-refractivity contribution in [1.29, 1.82) is 0 Å². The van der Waals surface area contributed by atoms with Crippen LogP contribution < -0.4 is 15.5 Å². The molecule has 1 atom stereocenters. The predicted octanol–water partition coefficient (Wildman–Crippen LogP) is 3.77. The third-order valence-electron chi connectivity index (χ3n) is 5.48. The molecule has 2 N–H and O–H groups in total. The van der Waals surface area contributed by atoms with Gasteiger partial charge in [-0.3, -0.25) is 9.79 Å². The number of hydrogen-bond donors (Lipinski definition) is 2. The third-order valence-corrected chi connectivity index (χ3v) is 5.48. The molecule has 1 unspecified atom stereocenters. The number of nitrogens with one attached hydrogen (secondary N) is 2. The minimum atomic E-state index is 0. The maximum absolute atomic E-state index is 12.2. The van der Waals surface area contributed by atoms with E-state index in [-0.39, 0.29) is 29.9 Å². The normalized spacial score (nSPS) is 16.2. The molecule has 0 radical (unpaired) electrons. The minimum Gasteiger partial charge on any atom is -0.369 e. The Bertz CT molecular complexity index is 872. The Morgan fingerprint density at radius 2 is 1.94 bits per heavy atom. The van der Waals surface area contributed by atoms with E-state index in [0.29, 0.717) is 12.6 Å². The van der Waals surface area contributed by atoms with Crippen molar-refractivity contribution in [2.75, 3.05) is 45.2 Å². The van der Waals surface area contributed by atoms with Crippen LogP contribution in [0.3, 0.4) is 0 Å². The minimum absolute atomic E-state index is 0. The number of benzene rings is 2. The first-order chi connectivity index (χ1) is 15.1. The molecule has 7 heteroatoms. The maximum atomic E-state index is 12.2. The molecule has 1 aliphatic rings. The summed E-state index contributed by atoms with van der Waals surface area (Å²) in [4.78, 5) is 21.0. The van der Waals surface area contributed by atoms with Gasteiger partial charge >= 0.3 is 0 Å². The van der Waals surface area contributed by atoms with Crippen molar-refractivity contribution in [3.63, 3.8) is 0 Å². The number of aliphatic imine (C=N–C) groups is 1. The lowest BCUT2D eigenvalue weighted by molar-refractivity contribution is 0.0827. The molecule has 1 amide bonds. The number of carbonyl (C=O) groups is 1. The van der Waals surface area contributed by atoms with Gasteiger partial charge < -0.3 is 20.4 Å². The topological polar surface area (TPSA) is 60.0 Å². The molecule has 2 aromatic rings. The zero-order valence-corrected chi connectivity index (χ0v) is 21.7. The van der Waals surface area contributed by atoms with Gasteiger partial charge in [-0.25, -0.2) is 0 Å². The lowest BCUT2D eigenvalue weighted by atomic mass is 10.0. The number of anilines is 1. The number of piperidine rings is 1. The van der Waals surface area contributed by atoms with Crippen molar-refractivity contribution in [2.45, 2.75) is 32.2 Å². The summed E-state index contributed by atoms with van der Waals surface area (Å²) in [6.45, 7) is 5.66. The zero-order valence-electron chi connectivity index (χ0n) is 19.4. The van der Waals surface area contributed by atoms with Gasteiger partial charge in [0.25, 0.3) is 5.91 Å². The lowest BCUT2D eigenvalue weighted by Crippen LogP contribution is -2.51. The largest absolute Gasteiger partial charge is 0.369 e. The molecule has 0 saturated carbocycles. The SMILES string of the molecule is CCNC(=NCCc1cccc(C(=O)N(C)C)c1)NC1CCCN(c2ccccc2)C1.I. The first-order valence-electron chi connectivity index (χ1n) is 11.2. The second-order valence-corrected chi connectivity index (χ2v) is 8.18. The molecule has 2 aromatic carbocycles. The van der Waals surface area contributed by atoms with E-state index in [2.05, 4.69) is 58.9 Å². The Kier molecular flexibility index (Phi) is 10.8. The molecule has 0 spiro atoms. The van der Waals surface area contributed by atoms with Crippen molar-refractivity contribution in [1.82, 2.24) is 15.5 Å². The van der Waals surface area contributed by atoms with E-state index >= 15 is 0 Å². The lowest BCUT2D eigenvalue weighted by Gasteiger charge is -2.35. The Morgan fingerprint density at radius 3 is 2.66 bits per heavy atom. The standard InChI is InChI=1S/C25H35N5O.HI/c1-4-26-25(27-16-15-20-10-8-11-21(18-20)24(31)29(2)3)28-22-12-9-17-30(19-22)23-13-6-5-7-14-23;/h5-8,10-11,13-14,18,22H,4,9,12,15-17,19H2,1-3H3,(H2,26,27,28);1H. The molecule has 0 aliphatic carbocycles. The van der Waals surface area contributed by atoms with Gasteiger partial charge in [-0.2, -0.15) is 0 Å². The fourth-order valence-corrected chi connectivity index (χ4v) is 3.90. The molecular formula is C25H36IN5O. The number of guanidine groups is 1. The molecule has 0 aromatic heterocycles. The molecule has 6 nitrogen and oxygen atoms in total. The van der Waals surface area contributed by atoms with E-state index < -0.39 is 0 Å². The van der Waals surface area contributed by atoms with E-state index in [1.165, 1.54) is 12.1 Å². The van der Waals surface area contributed by atoms with Gasteiger partial charge in [0.05, 0.1) is 0 Å². The number of para-hydroxylation sites is 1. The summed E-state index contributed by atoms with van der Waals surface area (Å²) in [7, 11) is 3.55. The smallest absolute Gasteiger partial charge is 0.253 e. The van der Waals surface area contributed by atoms with E-state index in [0.717, 1.165) is 49.6 Å². The molecule has 1 heterocycles. The Balaban J connectivity index is 0.00000363. The van der Waals surface area contributed by atoms with Crippen LogP contribution in [0.1, 0.15) is 35.7 Å². The summed E-state index contributed by atoms with van der Waals surface area (Å²) in [5, 5.41) is 7.00. The highest BCUT2D eigenvalue weighted by Gasteiger charge is 2.20. The van der Waals surface area contributed by atoms with Crippen LogP contribution in [-0.2, 0) is 6.42 Å². The van der Waals surface area contributed by atoms with Crippen LogP contribution in [-0.4, -0.2) is 63.1 Å². The summed E-state index contributed by atoms with van der Waals surface area (Å²) < 4.78 is 0. The number of amides is 1. The monoisotopic (exact) mass is 549 g/mol. The summed E-state index contributed by atoms with van der Waals surface area (Å²) >= 11 is 0. The van der Waals surface area contributed by atoms with Gasteiger partial charge in [0.2, 0.25) is 0 Å². The van der Waals surface area contributed by atoms with Crippen LogP contribution in [0, 0.1) is 0 Å². The molecule has 32 heavy (non-hydrogen) atoms. The average Bonchev–Trinajstić information content (AvgIpc) is 2.79. The van der Waals surface area contributed by atoms with Crippen LogP contribution >= 0.6 is 24.0 Å². The van der Waals surface area contributed by atoms with Crippen LogP contribution in [0.2, 0.25) is 0 Å². The van der Waals surface area contributed by atoms with Crippen molar-refractivity contribution in [3.05, 3.63) is 65.7 Å².